The second-order valence-corrected chi connectivity index (χ2v) is 12.0. The normalized spacial score (nSPS) is 12.4. The zero-order chi connectivity index (χ0) is 26.8. The molecule has 0 unspecified atom stereocenters. The molecule has 4 rings (SSSR count). The second kappa shape index (κ2) is 10.3. The van der Waals surface area contributed by atoms with Crippen LogP contribution >= 0.6 is 11.3 Å². The summed E-state index contributed by atoms with van der Waals surface area (Å²) in [4.78, 5) is 17.5. The third-order valence-corrected chi connectivity index (χ3v) is 8.57. The molecule has 0 aliphatic heterocycles. The number of anilines is 1. The highest BCUT2D eigenvalue weighted by Gasteiger charge is 2.16. The second-order valence-electron chi connectivity index (χ2n) is 7.74. The van der Waals surface area contributed by atoms with Gasteiger partial charge in [0.2, 0.25) is 10.0 Å². The number of rotatable bonds is 8. The fourth-order valence-electron chi connectivity index (χ4n) is 3.46. The Balaban J connectivity index is 1.68. The molecule has 3 aromatic carbocycles. The Bertz CT molecular complexity index is 1790. The van der Waals surface area contributed by atoms with Crippen molar-refractivity contribution in [2.45, 2.75) is 16.3 Å². The third-order valence-electron chi connectivity index (χ3n) is 5.22. The number of nitrogens with one attached hydrogen (secondary N) is 1. The van der Waals surface area contributed by atoms with Crippen LogP contribution < -0.4 is 19.4 Å². The Labute approximate surface area is 217 Å². The van der Waals surface area contributed by atoms with Gasteiger partial charge in [-0.15, -0.1) is 6.58 Å². The highest BCUT2D eigenvalue weighted by Crippen LogP contribution is 2.23. The number of fused-ring (bicyclic) bond motifs is 1. The predicted molar refractivity (Wildman–Crippen MR) is 142 cm³/mol. The van der Waals surface area contributed by atoms with Crippen LogP contribution in [0.2, 0.25) is 0 Å². The number of ether oxygens (including phenoxy) is 1. The minimum atomic E-state index is -3.91. The first-order valence-corrected chi connectivity index (χ1v) is 14.5. The molecule has 0 bridgehead atoms. The lowest BCUT2D eigenvalue weighted by Crippen LogP contribution is -2.16. The van der Waals surface area contributed by atoms with Crippen LogP contribution in [0, 0.1) is 0 Å². The van der Waals surface area contributed by atoms with Crippen LogP contribution in [0.5, 0.6) is 5.75 Å². The van der Waals surface area contributed by atoms with Gasteiger partial charge in [-0.05, 0) is 60.7 Å². The van der Waals surface area contributed by atoms with E-state index in [-0.39, 0.29) is 21.0 Å². The molecule has 0 spiro atoms. The van der Waals surface area contributed by atoms with Crippen LogP contribution in [-0.2, 0) is 26.6 Å². The number of carbonyl (C=O) groups excluding carboxylic acids is 1. The number of allylic oxidation sites excluding steroid dienone is 1. The minimum Gasteiger partial charge on any atom is -0.497 e. The lowest BCUT2D eigenvalue weighted by atomic mass is 10.2. The molecule has 1 aromatic heterocycles. The molecule has 0 radical (unpaired) electrons. The standard InChI is InChI=1S/C24H22N4O6S3/c1-3-13-28-21-12-11-20(36(25,30)31)15-22(21)35-24(28)26-23(29)16-5-4-6-17(14-16)27-37(32,33)19-9-7-18(34-2)8-10-19/h3-12,14-15,27H,1,13H2,2H3,(H2,25,30,31). The van der Waals surface area contributed by atoms with E-state index in [0.717, 1.165) is 11.3 Å². The van der Waals surface area contributed by atoms with E-state index in [4.69, 9.17) is 9.88 Å². The van der Waals surface area contributed by atoms with Crippen LogP contribution in [0.25, 0.3) is 10.2 Å². The van der Waals surface area contributed by atoms with Crippen LogP contribution in [0.15, 0.2) is 94.2 Å². The van der Waals surface area contributed by atoms with E-state index in [1.165, 1.54) is 67.8 Å². The van der Waals surface area contributed by atoms with Gasteiger partial charge in [0, 0.05) is 17.8 Å². The van der Waals surface area contributed by atoms with Gasteiger partial charge in [-0.1, -0.05) is 23.5 Å². The van der Waals surface area contributed by atoms with Crippen molar-refractivity contribution in [3.05, 3.63) is 89.7 Å². The monoisotopic (exact) mass is 558 g/mol. The Morgan fingerprint density at radius 2 is 1.78 bits per heavy atom. The van der Waals surface area contributed by atoms with Gasteiger partial charge in [-0.25, -0.2) is 22.0 Å². The zero-order valence-corrected chi connectivity index (χ0v) is 21.9. The molecule has 0 saturated carbocycles. The molecular formula is C24H22N4O6S3. The number of nitrogens with zero attached hydrogens (tertiary/aromatic N) is 2. The topological polar surface area (TPSA) is 150 Å². The zero-order valence-electron chi connectivity index (χ0n) is 19.5. The Hall–Kier alpha value is -3.78. The van der Waals surface area contributed by atoms with Gasteiger partial charge in [0.15, 0.2) is 4.80 Å². The number of sulfonamides is 2. The summed E-state index contributed by atoms with van der Waals surface area (Å²) in [6, 6.07) is 16.2. The van der Waals surface area contributed by atoms with E-state index >= 15 is 0 Å². The number of nitrogens with two attached hydrogens (primary N) is 1. The van der Waals surface area contributed by atoms with Crippen molar-refractivity contribution in [2.24, 2.45) is 10.1 Å². The van der Waals surface area contributed by atoms with E-state index in [1.54, 1.807) is 16.7 Å². The number of amides is 1. The largest absolute Gasteiger partial charge is 0.497 e. The van der Waals surface area contributed by atoms with Gasteiger partial charge in [0.05, 0.1) is 27.1 Å². The number of hydrogen-bond donors (Lipinski definition) is 2. The SMILES string of the molecule is C=CCn1c(=NC(=O)c2cccc(NS(=O)(=O)c3ccc(OC)cc3)c2)sc2cc(S(N)(=O)=O)ccc21. The summed E-state index contributed by atoms with van der Waals surface area (Å²) >= 11 is 1.12. The van der Waals surface area contributed by atoms with E-state index in [1.807, 2.05) is 0 Å². The summed E-state index contributed by atoms with van der Waals surface area (Å²) in [6.07, 6.45) is 1.62. The van der Waals surface area contributed by atoms with E-state index in [0.29, 0.717) is 27.3 Å². The van der Waals surface area contributed by atoms with Crippen LogP contribution in [0.4, 0.5) is 5.69 Å². The van der Waals surface area contributed by atoms with Crippen molar-refractivity contribution in [3.63, 3.8) is 0 Å². The summed E-state index contributed by atoms with van der Waals surface area (Å²) in [5, 5.41) is 5.24. The fourth-order valence-corrected chi connectivity index (χ4v) is 6.20. The summed E-state index contributed by atoms with van der Waals surface area (Å²) in [7, 11) is -6.33. The van der Waals surface area contributed by atoms with Crippen LogP contribution in [0.3, 0.4) is 0 Å². The Kier molecular flexibility index (Phi) is 7.32. The van der Waals surface area contributed by atoms with Gasteiger partial charge in [0.1, 0.15) is 5.75 Å². The number of aromatic nitrogens is 1. The van der Waals surface area contributed by atoms with E-state index in [9.17, 15) is 21.6 Å². The molecule has 37 heavy (non-hydrogen) atoms. The van der Waals surface area contributed by atoms with Gasteiger partial charge in [-0.3, -0.25) is 9.52 Å². The maximum Gasteiger partial charge on any atom is 0.279 e. The number of methoxy groups -OCH3 is 1. The molecule has 3 N–H and O–H groups in total. The highest BCUT2D eigenvalue weighted by atomic mass is 32.2. The van der Waals surface area contributed by atoms with Gasteiger partial charge in [0.25, 0.3) is 15.9 Å². The quantitative estimate of drug-likeness (QED) is 0.317. The number of benzene rings is 3. The average molecular weight is 559 g/mol. The first-order valence-electron chi connectivity index (χ1n) is 10.6. The fraction of sp³-hybridized carbons (Fsp3) is 0.0833. The van der Waals surface area contributed by atoms with Gasteiger partial charge in [-0.2, -0.15) is 4.99 Å². The summed E-state index contributed by atoms with van der Waals surface area (Å²) in [5.41, 5.74) is 0.998. The Morgan fingerprint density at radius 3 is 2.43 bits per heavy atom. The lowest BCUT2D eigenvalue weighted by molar-refractivity contribution is 0.0998. The molecule has 0 atom stereocenters. The van der Waals surface area contributed by atoms with Gasteiger partial charge < -0.3 is 9.30 Å². The molecule has 192 valence electrons. The van der Waals surface area contributed by atoms with E-state index in [2.05, 4.69) is 16.3 Å². The predicted octanol–water partition coefficient (Wildman–Crippen LogP) is 3.09. The van der Waals surface area contributed by atoms with Crippen molar-refractivity contribution in [3.8, 4) is 5.75 Å². The summed E-state index contributed by atoms with van der Waals surface area (Å²) < 4.78 is 58.8. The molecule has 1 amide bonds. The summed E-state index contributed by atoms with van der Waals surface area (Å²) in [6.45, 7) is 4.05. The van der Waals surface area contributed by atoms with Crippen molar-refractivity contribution < 1.29 is 26.4 Å². The number of thiazole rings is 1. The third kappa shape index (κ3) is 5.80. The van der Waals surface area contributed by atoms with Crippen molar-refractivity contribution in [2.75, 3.05) is 11.8 Å². The first kappa shape index (κ1) is 26.3. The number of hydrogen-bond acceptors (Lipinski definition) is 7. The molecule has 0 fully saturated rings. The lowest BCUT2D eigenvalue weighted by Gasteiger charge is -2.09. The highest BCUT2D eigenvalue weighted by molar-refractivity contribution is 7.92. The smallest absolute Gasteiger partial charge is 0.279 e. The number of primary sulfonamides is 1. The van der Waals surface area contributed by atoms with Crippen molar-refractivity contribution in [1.29, 1.82) is 0 Å². The molecule has 4 aromatic rings. The Morgan fingerprint density at radius 1 is 1.08 bits per heavy atom. The van der Waals surface area contributed by atoms with Crippen LogP contribution in [-0.4, -0.2) is 34.4 Å². The summed E-state index contributed by atoms with van der Waals surface area (Å²) in [5.74, 6) is -0.0921. The van der Waals surface area contributed by atoms with Crippen molar-refractivity contribution in [1.82, 2.24) is 4.57 Å². The molecule has 0 aliphatic rings. The molecular weight excluding hydrogens is 536 g/mol. The average Bonchev–Trinajstić information content (AvgIpc) is 3.19. The molecule has 0 saturated heterocycles. The molecule has 0 aliphatic carbocycles. The number of carbonyl (C=O) groups is 1. The molecule has 13 heteroatoms. The van der Waals surface area contributed by atoms with Gasteiger partial charge >= 0.3 is 0 Å². The maximum absolute atomic E-state index is 13.0. The van der Waals surface area contributed by atoms with E-state index < -0.39 is 26.0 Å². The van der Waals surface area contributed by atoms with Crippen LogP contribution in [0.1, 0.15) is 10.4 Å². The first-order chi connectivity index (χ1) is 17.5. The van der Waals surface area contributed by atoms with Crippen molar-refractivity contribution >= 4 is 53.2 Å². The minimum absolute atomic E-state index is 0.0318. The molecule has 1 heterocycles. The molecule has 10 nitrogen and oxygen atoms in total. The maximum atomic E-state index is 13.0.